The van der Waals surface area contributed by atoms with E-state index in [9.17, 15) is 5.11 Å². The highest BCUT2D eigenvalue weighted by atomic mass is 16.4. The van der Waals surface area contributed by atoms with Crippen molar-refractivity contribution in [3.63, 3.8) is 0 Å². The quantitative estimate of drug-likeness (QED) is 0.760. The lowest BCUT2D eigenvalue weighted by Gasteiger charge is -2.01. The smallest absolute Gasteiger partial charge is 0.320 e. The first kappa shape index (κ1) is 12.2. The third-order valence-electron chi connectivity index (χ3n) is 2.83. The van der Waals surface area contributed by atoms with E-state index >= 15 is 0 Å². The highest BCUT2D eigenvalue weighted by molar-refractivity contribution is 5.63. The fourth-order valence-corrected chi connectivity index (χ4v) is 1.88. The molecule has 1 aromatic heterocycles. The van der Waals surface area contributed by atoms with Gasteiger partial charge in [0.15, 0.2) is 0 Å². The number of rotatable bonds is 3. The van der Waals surface area contributed by atoms with E-state index in [4.69, 9.17) is 4.42 Å². The molecule has 0 saturated carbocycles. The molecule has 0 amide bonds. The van der Waals surface area contributed by atoms with E-state index in [1.165, 1.54) is 0 Å². The normalized spacial score (nSPS) is 10.4. The van der Waals surface area contributed by atoms with E-state index in [1.54, 1.807) is 24.3 Å². The first-order valence-corrected chi connectivity index (χ1v) is 6.18. The molecule has 0 aliphatic heterocycles. The summed E-state index contributed by atoms with van der Waals surface area (Å²) in [6, 6.07) is 15.0. The summed E-state index contributed by atoms with van der Waals surface area (Å²) < 4.78 is 5.50. The van der Waals surface area contributed by atoms with E-state index in [0.717, 1.165) is 11.3 Å². The molecule has 3 aromatic rings. The highest BCUT2D eigenvalue weighted by Gasteiger charge is 2.11. The first-order chi connectivity index (χ1) is 9.72. The Kier molecular flexibility index (Phi) is 3.09. The highest BCUT2D eigenvalue weighted by Crippen LogP contribution is 2.29. The third-order valence-corrected chi connectivity index (χ3v) is 2.83. The molecule has 0 atom stereocenters. The van der Waals surface area contributed by atoms with Crippen LogP contribution in [-0.4, -0.2) is 15.3 Å². The van der Waals surface area contributed by atoms with E-state index in [-0.39, 0.29) is 17.7 Å². The molecule has 0 saturated heterocycles. The fourth-order valence-electron chi connectivity index (χ4n) is 1.88. The zero-order valence-electron chi connectivity index (χ0n) is 10.9. The van der Waals surface area contributed by atoms with E-state index < -0.39 is 0 Å². The van der Waals surface area contributed by atoms with Gasteiger partial charge >= 0.3 is 6.01 Å². The maximum absolute atomic E-state index is 9.75. The van der Waals surface area contributed by atoms with Crippen molar-refractivity contribution >= 4 is 11.7 Å². The molecular weight excluding hydrogens is 254 g/mol. The van der Waals surface area contributed by atoms with Gasteiger partial charge in [0.25, 0.3) is 5.89 Å². The zero-order valence-corrected chi connectivity index (χ0v) is 10.9. The summed E-state index contributed by atoms with van der Waals surface area (Å²) in [5.41, 5.74) is 2.52. The number of hydrogen-bond acceptors (Lipinski definition) is 5. The van der Waals surface area contributed by atoms with Gasteiger partial charge in [0.05, 0.1) is 5.56 Å². The van der Waals surface area contributed by atoms with Gasteiger partial charge in [-0.2, -0.15) is 0 Å². The van der Waals surface area contributed by atoms with E-state index in [1.807, 2.05) is 31.2 Å². The Morgan fingerprint density at radius 2 is 1.90 bits per heavy atom. The minimum Gasteiger partial charge on any atom is -0.507 e. The Morgan fingerprint density at radius 3 is 2.70 bits per heavy atom. The topological polar surface area (TPSA) is 71.2 Å². The molecule has 0 unspecified atom stereocenters. The molecule has 5 heteroatoms. The summed E-state index contributed by atoms with van der Waals surface area (Å²) in [6.07, 6.45) is 0. The van der Waals surface area contributed by atoms with Gasteiger partial charge in [-0.05, 0) is 36.8 Å². The van der Waals surface area contributed by atoms with Crippen LogP contribution in [0.3, 0.4) is 0 Å². The molecule has 100 valence electrons. The average Bonchev–Trinajstić information content (AvgIpc) is 2.87. The molecule has 2 aromatic carbocycles. The summed E-state index contributed by atoms with van der Waals surface area (Å²) >= 11 is 0. The van der Waals surface area contributed by atoms with Gasteiger partial charge in [0.2, 0.25) is 0 Å². The number of aryl methyl sites for hydroxylation is 1. The second-order valence-corrected chi connectivity index (χ2v) is 4.42. The molecule has 0 radical (unpaired) electrons. The third kappa shape index (κ3) is 2.47. The van der Waals surface area contributed by atoms with E-state index in [2.05, 4.69) is 15.5 Å². The van der Waals surface area contributed by atoms with Crippen LogP contribution in [0.4, 0.5) is 11.7 Å². The van der Waals surface area contributed by atoms with Crippen molar-refractivity contribution in [2.75, 3.05) is 5.32 Å². The van der Waals surface area contributed by atoms with Gasteiger partial charge in [0, 0.05) is 5.69 Å². The van der Waals surface area contributed by atoms with Crippen molar-refractivity contribution < 1.29 is 9.52 Å². The van der Waals surface area contributed by atoms with Crippen molar-refractivity contribution in [1.82, 2.24) is 10.2 Å². The lowest BCUT2D eigenvalue weighted by atomic mass is 10.2. The van der Waals surface area contributed by atoms with Gasteiger partial charge in [-0.25, -0.2) is 0 Å². The Bertz CT molecular complexity index is 737. The van der Waals surface area contributed by atoms with Crippen LogP contribution in [0.15, 0.2) is 52.9 Å². The summed E-state index contributed by atoms with van der Waals surface area (Å²) in [5.74, 6) is 0.386. The van der Waals surface area contributed by atoms with Gasteiger partial charge in [-0.1, -0.05) is 29.4 Å². The van der Waals surface area contributed by atoms with Gasteiger partial charge in [0.1, 0.15) is 5.75 Å². The molecule has 2 N–H and O–H groups in total. The minimum atomic E-state index is 0.109. The van der Waals surface area contributed by atoms with Gasteiger partial charge < -0.3 is 14.8 Å². The molecule has 0 aliphatic carbocycles. The summed E-state index contributed by atoms with van der Waals surface area (Å²) in [5, 5.41) is 20.6. The Morgan fingerprint density at radius 1 is 1.05 bits per heavy atom. The Hall–Kier alpha value is -2.82. The molecule has 5 nitrogen and oxygen atoms in total. The predicted octanol–water partition coefficient (Wildman–Crippen LogP) is 3.49. The average molecular weight is 267 g/mol. The van der Waals surface area contributed by atoms with Crippen LogP contribution in [0.5, 0.6) is 5.75 Å². The second kappa shape index (κ2) is 5.05. The number of aromatic hydroxyl groups is 1. The summed E-state index contributed by atoms with van der Waals surface area (Å²) in [7, 11) is 0. The number of hydrogen-bond donors (Lipinski definition) is 2. The number of nitrogens with zero attached hydrogens (tertiary/aromatic N) is 2. The molecule has 0 spiro atoms. The van der Waals surface area contributed by atoms with E-state index in [0.29, 0.717) is 5.56 Å². The number of anilines is 2. The SMILES string of the molecule is Cc1cccc(Nc2nnc(-c3ccccc3O)o2)c1. The molecule has 0 fully saturated rings. The van der Waals surface area contributed by atoms with Crippen LogP contribution in [0.25, 0.3) is 11.5 Å². The Labute approximate surface area is 115 Å². The van der Waals surface area contributed by atoms with Crippen LogP contribution in [0.2, 0.25) is 0 Å². The molecule has 20 heavy (non-hydrogen) atoms. The lowest BCUT2D eigenvalue weighted by Crippen LogP contribution is -1.90. The maximum atomic E-state index is 9.75. The summed E-state index contributed by atoms with van der Waals surface area (Å²) in [6.45, 7) is 2.01. The minimum absolute atomic E-state index is 0.109. The zero-order chi connectivity index (χ0) is 13.9. The molecule has 3 rings (SSSR count). The maximum Gasteiger partial charge on any atom is 0.320 e. The van der Waals surface area contributed by atoms with Crippen LogP contribution >= 0.6 is 0 Å². The van der Waals surface area contributed by atoms with Crippen LogP contribution in [0, 0.1) is 6.92 Å². The molecule has 1 heterocycles. The molecule has 0 bridgehead atoms. The van der Waals surface area contributed by atoms with Crippen molar-refractivity contribution in [2.24, 2.45) is 0 Å². The van der Waals surface area contributed by atoms with Gasteiger partial charge in [-0.15, -0.1) is 5.10 Å². The number of aromatic nitrogens is 2. The van der Waals surface area contributed by atoms with Crippen LogP contribution in [-0.2, 0) is 0 Å². The van der Waals surface area contributed by atoms with Crippen LogP contribution in [0.1, 0.15) is 5.56 Å². The number of para-hydroxylation sites is 1. The van der Waals surface area contributed by atoms with Crippen molar-refractivity contribution in [3.05, 3.63) is 54.1 Å². The fraction of sp³-hybridized carbons (Fsp3) is 0.0667. The second-order valence-electron chi connectivity index (χ2n) is 4.42. The monoisotopic (exact) mass is 267 g/mol. The first-order valence-electron chi connectivity index (χ1n) is 6.18. The number of nitrogens with one attached hydrogen (secondary N) is 1. The Balaban J connectivity index is 1.86. The molecule has 0 aliphatic rings. The number of phenols is 1. The summed E-state index contributed by atoms with van der Waals surface area (Å²) in [4.78, 5) is 0. The number of benzene rings is 2. The van der Waals surface area contributed by atoms with Gasteiger partial charge in [-0.3, -0.25) is 0 Å². The van der Waals surface area contributed by atoms with Crippen LogP contribution < -0.4 is 5.32 Å². The van der Waals surface area contributed by atoms with Crippen molar-refractivity contribution in [1.29, 1.82) is 0 Å². The predicted molar refractivity (Wildman–Crippen MR) is 75.9 cm³/mol. The lowest BCUT2D eigenvalue weighted by molar-refractivity contribution is 0.473. The standard InChI is InChI=1S/C15H13N3O2/c1-10-5-4-6-11(9-10)16-15-18-17-14(20-15)12-7-2-3-8-13(12)19/h2-9,19H,1H3,(H,16,18). The van der Waals surface area contributed by atoms with Crippen molar-refractivity contribution in [3.8, 4) is 17.2 Å². The largest absolute Gasteiger partial charge is 0.507 e. The number of phenolic OH excluding ortho intramolecular Hbond substituents is 1. The molecular formula is C15H13N3O2. The van der Waals surface area contributed by atoms with Crippen molar-refractivity contribution in [2.45, 2.75) is 6.92 Å².